The van der Waals surface area contributed by atoms with E-state index in [4.69, 9.17) is 13.0 Å². The molecule has 0 spiro atoms. The number of ether oxygens (including phenoxy) is 1. The third-order valence-electron chi connectivity index (χ3n) is 5.04. The van der Waals surface area contributed by atoms with Crippen LogP contribution in [0.2, 0.25) is 0 Å². The standard InChI is InChI=1S/C22H26N6O3/c1-12(2)28-19-14(10-25-28)7-8-16(20(19)31-4)26-17-9-18(27-21(29)13-5-6-13)24-11-15(17)22(30)23-3/h7-13H,5-6H2,1-4H3,(H,23,30)(H2,24,26,27,29)/i3D3,4D3. The van der Waals surface area contributed by atoms with Crippen LogP contribution in [0.15, 0.2) is 30.6 Å². The fraction of sp³-hybridized carbons (Fsp3) is 0.364. The lowest BCUT2D eigenvalue weighted by Gasteiger charge is -2.17. The number of fused-ring (bicyclic) bond motifs is 1. The molecule has 0 saturated heterocycles. The lowest BCUT2D eigenvalue weighted by atomic mass is 10.1. The van der Waals surface area contributed by atoms with Gasteiger partial charge in [0.1, 0.15) is 11.3 Å². The van der Waals surface area contributed by atoms with Crippen molar-refractivity contribution >= 4 is 39.9 Å². The number of carbonyl (C=O) groups excluding carboxylic acids is 2. The number of aromatic nitrogens is 3. The van der Waals surface area contributed by atoms with E-state index in [-0.39, 0.29) is 46.4 Å². The molecule has 2 heterocycles. The Labute approximate surface area is 188 Å². The molecule has 0 atom stereocenters. The quantitative estimate of drug-likeness (QED) is 0.531. The van der Waals surface area contributed by atoms with Crippen LogP contribution in [0.25, 0.3) is 10.9 Å². The predicted molar refractivity (Wildman–Crippen MR) is 119 cm³/mol. The molecule has 2 aromatic heterocycles. The monoisotopic (exact) mass is 428 g/mol. The Hall–Kier alpha value is -3.62. The first-order valence-corrected chi connectivity index (χ1v) is 9.81. The number of benzene rings is 1. The minimum atomic E-state index is -2.81. The van der Waals surface area contributed by atoms with E-state index in [0.29, 0.717) is 10.9 Å². The topological polar surface area (TPSA) is 110 Å². The molecule has 0 unspecified atom stereocenters. The Morgan fingerprint density at radius 3 is 2.81 bits per heavy atom. The molecule has 2 amide bonds. The van der Waals surface area contributed by atoms with Gasteiger partial charge in [-0.3, -0.25) is 14.3 Å². The molecule has 1 fully saturated rings. The highest BCUT2D eigenvalue weighted by Crippen LogP contribution is 2.37. The van der Waals surface area contributed by atoms with Crippen LogP contribution < -0.4 is 20.7 Å². The van der Waals surface area contributed by atoms with Crippen LogP contribution >= 0.6 is 0 Å². The maximum absolute atomic E-state index is 12.8. The van der Waals surface area contributed by atoms with Gasteiger partial charge in [-0.15, -0.1) is 0 Å². The zero-order valence-electron chi connectivity index (χ0n) is 23.0. The zero-order valence-corrected chi connectivity index (χ0v) is 17.0. The molecule has 0 radical (unpaired) electrons. The Balaban J connectivity index is 1.82. The number of carbonyl (C=O) groups is 2. The number of amides is 2. The molecule has 9 nitrogen and oxygen atoms in total. The van der Waals surface area contributed by atoms with Gasteiger partial charge in [0.25, 0.3) is 5.91 Å². The summed E-state index contributed by atoms with van der Waals surface area (Å²) < 4.78 is 52.2. The second-order valence-corrected chi connectivity index (χ2v) is 7.62. The van der Waals surface area contributed by atoms with Crippen LogP contribution in [0, 0.1) is 5.92 Å². The van der Waals surface area contributed by atoms with E-state index in [1.54, 1.807) is 23.0 Å². The number of methoxy groups -OCH3 is 1. The number of hydrogen-bond donors (Lipinski definition) is 3. The van der Waals surface area contributed by atoms with E-state index in [1.807, 2.05) is 19.2 Å². The van der Waals surface area contributed by atoms with Gasteiger partial charge in [-0.05, 0) is 38.8 Å². The van der Waals surface area contributed by atoms with Crippen molar-refractivity contribution in [1.82, 2.24) is 20.1 Å². The summed E-state index contributed by atoms with van der Waals surface area (Å²) >= 11 is 0. The first-order chi connectivity index (χ1) is 17.2. The fourth-order valence-corrected chi connectivity index (χ4v) is 3.30. The number of pyridine rings is 1. The van der Waals surface area contributed by atoms with Crippen molar-refractivity contribution in [2.75, 3.05) is 24.6 Å². The highest BCUT2D eigenvalue weighted by Gasteiger charge is 2.30. The molecule has 4 rings (SSSR count). The first kappa shape index (κ1) is 14.4. The largest absolute Gasteiger partial charge is 0.492 e. The minimum Gasteiger partial charge on any atom is -0.492 e. The maximum atomic E-state index is 12.8. The van der Waals surface area contributed by atoms with E-state index in [1.165, 1.54) is 6.07 Å². The van der Waals surface area contributed by atoms with E-state index >= 15 is 0 Å². The zero-order chi connectivity index (χ0) is 27.1. The second-order valence-electron chi connectivity index (χ2n) is 7.62. The predicted octanol–water partition coefficient (Wildman–Crippen LogP) is 3.47. The molecule has 1 aliphatic carbocycles. The number of anilines is 3. The van der Waals surface area contributed by atoms with Gasteiger partial charge in [0.15, 0.2) is 5.75 Å². The summed E-state index contributed by atoms with van der Waals surface area (Å²) in [7, 11) is -2.81. The van der Waals surface area contributed by atoms with Crippen molar-refractivity contribution in [2.24, 2.45) is 5.92 Å². The number of rotatable bonds is 7. The molecule has 1 saturated carbocycles. The number of nitrogens with one attached hydrogen (secondary N) is 3. The summed E-state index contributed by atoms with van der Waals surface area (Å²) in [5, 5.41) is 12.5. The Morgan fingerprint density at radius 2 is 2.10 bits per heavy atom. The Kier molecular flexibility index (Phi) is 3.83. The summed E-state index contributed by atoms with van der Waals surface area (Å²) in [5.74, 6) is -1.16. The van der Waals surface area contributed by atoms with Crippen molar-refractivity contribution in [3.8, 4) is 5.75 Å². The average molecular weight is 429 g/mol. The van der Waals surface area contributed by atoms with Crippen LogP contribution in [0.4, 0.5) is 17.2 Å². The van der Waals surface area contributed by atoms with Crippen LogP contribution in [-0.2, 0) is 4.79 Å². The molecular formula is C22H26N6O3. The second kappa shape index (κ2) is 8.25. The summed E-state index contributed by atoms with van der Waals surface area (Å²) in [6.07, 6.45) is 4.26. The summed E-state index contributed by atoms with van der Waals surface area (Å²) in [6.45, 7) is 0.993. The number of nitrogens with zero attached hydrogens (tertiary/aromatic N) is 3. The average Bonchev–Trinajstić information content (AvgIpc) is 3.52. The first-order valence-electron chi connectivity index (χ1n) is 12.8. The third kappa shape index (κ3) is 4.03. The molecular weight excluding hydrogens is 396 g/mol. The van der Waals surface area contributed by atoms with Crippen LogP contribution in [-0.4, -0.2) is 40.6 Å². The Bertz CT molecular complexity index is 1350. The molecule has 3 N–H and O–H groups in total. The summed E-state index contributed by atoms with van der Waals surface area (Å²) in [6, 6.07) is 4.51. The van der Waals surface area contributed by atoms with E-state index < -0.39 is 19.9 Å². The van der Waals surface area contributed by atoms with Crippen molar-refractivity contribution in [3.63, 3.8) is 0 Å². The van der Waals surface area contributed by atoms with Gasteiger partial charge in [0.2, 0.25) is 5.91 Å². The number of hydrogen-bond acceptors (Lipinski definition) is 6. The molecule has 1 aliphatic rings. The fourth-order valence-electron chi connectivity index (χ4n) is 3.30. The summed E-state index contributed by atoms with van der Waals surface area (Å²) in [5.41, 5.74) is 0.534. The lowest BCUT2D eigenvalue weighted by Crippen LogP contribution is -2.20. The van der Waals surface area contributed by atoms with Gasteiger partial charge in [-0.1, -0.05) is 0 Å². The smallest absolute Gasteiger partial charge is 0.254 e. The van der Waals surface area contributed by atoms with Gasteiger partial charge < -0.3 is 20.7 Å². The van der Waals surface area contributed by atoms with Crippen LogP contribution in [0.1, 0.15) is 51.3 Å². The van der Waals surface area contributed by atoms with Gasteiger partial charge in [-0.2, -0.15) is 5.10 Å². The van der Waals surface area contributed by atoms with Gasteiger partial charge in [-0.25, -0.2) is 4.98 Å². The minimum absolute atomic E-state index is 0.0359. The van der Waals surface area contributed by atoms with E-state index in [2.05, 4.69) is 20.7 Å². The van der Waals surface area contributed by atoms with E-state index in [9.17, 15) is 9.59 Å². The van der Waals surface area contributed by atoms with Crippen LogP contribution in [0.3, 0.4) is 0 Å². The molecule has 31 heavy (non-hydrogen) atoms. The lowest BCUT2D eigenvalue weighted by molar-refractivity contribution is -0.117. The Morgan fingerprint density at radius 1 is 1.26 bits per heavy atom. The van der Waals surface area contributed by atoms with Crippen molar-refractivity contribution < 1.29 is 22.6 Å². The normalized spacial score (nSPS) is 17.0. The maximum Gasteiger partial charge on any atom is 0.254 e. The van der Waals surface area contributed by atoms with Crippen molar-refractivity contribution in [1.29, 1.82) is 0 Å². The molecule has 0 bridgehead atoms. The van der Waals surface area contributed by atoms with Crippen molar-refractivity contribution in [3.05, 3.63) is 36.2 Å². The SMILES string of the molecule is [2H]C([2H])([2H])NC(=O)c1cnc(NC(=O)C2CC2)cc1Nc1ccc2cnn(C(C)C)c2c1OC([2H])([2H])[2H]. The third-order valence-corrected chi connectivity index (χ3v) is 5.04. The molecule has 3 aromatic rings. The highest BCUT2D eigenvalue weighted by molar-refractivity contribution is 6.02. The molecule has 9 heteroatoms. The van der Waals surface area contributed by atoms with Gasteiger partial charge >= 0.3 is 0 Å². The van der Waals surface area contributed by atoms with Crippen molar-refractivity contribution in [2.45, 2.75) is 32.7 Å². The summed E-state index contributed by atoms with van der Waals surface area (Å²) in [4.78, 5) is 29.1. The molecule has 0 aliphatic heterocycles. The van der Waals surface area contributed by atoms with Gasteiger partial charge in [0.05, 0.1) is 34.3 Å². The molecule has 1 aromatic carbocycles. The molecule has 162 valence electrons. The highest BCUT2D eigenvalue weighted by atomic mass is 16.5. The van der Waals surface area contributed by atoms with Crippen LogP contribution in [0.5, 0.6) is 5.75 Å². The van der Waals surface area contributed by atoms with E-state index in [0.717, 1.165) is 19.0 Å². The van der Waals surface area contributed by atoms with Gasteiger partial charge in [0, 0.05) is 40.7 Å².